The van der Waals surface area contributed by atoms with E-state index in [2.05, 4.69) is 19.1 Å². The summed E-state index contributed by atoms with van der Waals surface area (Å²) in [5.41, 5.74) is 1.29. The van der Waals surface area contributed by atoms with Gasteiger partial charge in [-0.3, -0.25) is 0 Å². The number of hydrogen-bond acceptors (Lipinski definition) is 0. The van der Waals surface area contributed by atoms with Crippen LogP contribution < -0.4 is 0 Å². The molecule has 174 valence electrons. The van der Waals surface area contributed by atoms with Gasteiger partial charge in [0, 0.05) is 0 Å². The predicted molar refractivity (Wildman–Crippen MR) is 133 cm³/mol. The van der Waals surface area contributed by atoms with E-state index in [0.717, 1.165) is 30.1 Å². The molecule has 2 fully saturated rings. The molecule has 2 saturated carbocycles. The van der Waals surface area contributed by atoms with E-state index in [1.54, 1.807) is 12.1 Å². The van der Waals surface area contributed by atoms with Gasteiger partial charge in [0.2, 0.25) is 0 Å². The Labute approximate surface area is 192 Å². The smallest absolute Gasteiger partial charge is 0.123 e. The van der Waals surface area contributed by atoms with Gasteiger partial charge in [-0.25, -0.2) is 4.39 Å². The van der Waals surface area contributed by atoms with Crippen LogP contribution in [0.1, 0.15) is 115 Å². The van der Waals surface area contributed by atoms with Crippen molar-refractivity contribution in [3.63, 3.8) is 0 Å². The van der Waals surface area contributed by atoms with Crippen molar-refractivity contribution in [2.24, 2.45) is 23.7 Å². The molecule has 0 atom stereocenters. The topological polar surface area (TPSA) is 0 Å². The minimum Gasteiger partial charge on any atom is -0.207 e. The Balaban J connectivity index is 1.24. The van der Waals surface area contributed by atoms with Crippen molar-refractivity contribution in [2.45, 2.75) is 116 Å². The van der Waals surface area contributed by atoms with Gasteiger partial charge in [-0.15, -0.1) is 0 Å². The highest BCUT2D eigenvalue weighted by atomic mass is 19.1. The Morgan fingerprint density at radius 1 is 0.677 bits per heavy atom. The summed E-state index contributed by atoms with van der Waals surface area (Å²) in [6, 6.07) is 7.09. The van der Waals surface area contributed by atoms with Crippen LogP contribution >= 0.6 is 0 Å². The van der Waals surface area contributed by atoms with Gasteiger partial charge in [-0.1, -0.05) is 76.2 Å². The lowest BCUT2D eigenvalue weighted by atomic mass is 9.77. The van der Waals surface area contributed by atoms with Gasteiger partial charge in [-0.2, -0.15) is 0 Å². The molecule has 0 nitrogen and oxygen atoms in total. The molecule has 2 aliphatic carbocycles. The molecule has 0 unspecified atom stereocenters. The minimum absolute atomic E-state index is 0.123. The third-order valence-corrected chi connectivity index (χ3v) is 8.16. The SMILES string of the molecule is CCCCCCCC[C@H]1CC[C@H](C=C[C@H]2CC[C@H](CCc3ccc(F)cc3)CC2)CC1. The maximum Gasteiger partial charge on any atom is 0.123 e. The lowest BCUT2D eigenvalue weighted by Crippen LogP contribution is -2.15. The van der Waals surface area contributed by atoms with Gasteiger partial charge in [0.05, 0.1) is 0 Å². The number of hydrogen-bond donors (Lipinski definition) is 0. The van der Waals surface area contributed by atoms with Gasteiger partial charge in [-0.05, 0) is 106 Å². The summed E-state index contributed by atoms with van der Waals surface area (Å²) in [5, 5.41) is 0. The standard InChI is InChI=1S/C30H47F/c1-2-3-4-5-6-7-8-25-9-11-26(12-10-25)13-14-27-15-17-28(18-16-27)19-20-29-21-23-30(31)24-22-29/h13-14,21-28H,2-12,15-20H2,1H3/t25-,26-,27-,28-. The average molecular weight is 427 g/mol. The Bertz CT molecular complexity index is 600. The summed E-state index contributed by atoms with van der Waals surface area (Å²) >= 11 is 0. The second-order valence-corrected chi connectivity index (χ2v) is 10.7. The normalized spacial score (nSPS) is 27.0. The first kappa shape index (κ1) is 24.5. The predicted octanol–water partition coefficient (Wildman–Crippen LogP) is 9.68. The summed E-state index contributed by atoms with van der Waals surface area (Å²) in [5.74, 6) is 3.45. The highest BCUT2D eigenvalue weighted by Crippen LogP contribution is 2.35. The summed E-state index contributed by atoms with van der Waals surface area (Å²) in [7, 11) is 0. The van der Waals surface area contributed by atoms with E-state index in [1.807, 2.05) is 12.1 Å². The molecule has 2 aliphatic rings. The lowest BCUT2D eigenvalue weighted by molar-refractivity contribution is 0.282. The van der Waals surface area contributed by atoms with Crippen LogP contribution in [-0.4, -0.2) is 0 Å². The third-order valence-electron chi connectivity index (χ3n) is 8.16. The van der Waals surface area contributed by atoms with E-state index < -0.39 is 0 Å². The molecule has 0 spiro atoms. The van der Waals surface area contributed by atoms with Gasteiger partial charge in [0.15, 0.2) is 0 Å². The maximum absolute atomic E-state index is 13.0. The summed E-state index contributed by atoms with van der Waals surface area (Å²) in [6.45, 7) is 2.30. The van der Waals surface area contributed by atoms with Crippen molar-refractivity contribution in [3.8, 4) is 0 Å². The third kappa shape index (κ3) is 9.50. The van der Waals surface area contributed by atoms with Crippen LogP contribution in [0, 0.1) is 29.5 Å². The molecule has 0 aromatic heterocycles. The van der Waals surface area contributed by atoms with E-state index in [9.17, 15) is 4.39 Å². The van der Waals surface area contributed by atoms with Crippen molar-refractivity contribution in [2.75, 3.05) is 0 Å². The van der Waals surface area contributed by atoms with Crippen molar-refractivity contribution in [1.82, 2.24) is 0 Å². The Morgan fingerprint density at radius 2 is 1.19 bits per heavy atom. The molecule has 0 amide bonds. The molecule has 0 saturated heterocycles. The van der Waals surface area contributed by atoms with Crippen molar-refractivity contribution < 1.29 is 4.39 Å². The molecular formula is C30H47F. The Morgan fingerprint density at radius 3 is 1.77 bits per heavy atom. The number of allylic oxidation sites excluding steroid dienone is 2. The summed E-state index contributed by atoms with van der Waals surface area (Å²) in [6.07, 6.45) is 29.0. The number of benzene rings is 1. The number of rotatable bonds is 12. The van der Waals surface area contributed by atoms with Crippen LogP contribution in [-0.2, 0) is 6.42 Å². The van der Waals surface area contributed by atoms with E-state index in [1.165, 1.54) is 108 Å². The van der Waals surface area contributed by atoms with E-state index >= 15 is 0 Å². The highest BCUT2D eigenvalue weighted by Gasteiger charge is 2.22. The van der Waals surface area contributed by atoms with Crippen molar-refractivity contribution in [1.29, 1.82) is 0 Å². The molecular weight excluding hydrogens is 379 g/mol. The lowest BCUT2D eigenvalue weighted by Gasteiger charge is -2.29. The first-order valence-corrected chi connectivity index (χ1v) is 13.7. The first-order chi connectivity index (χ1) is 15.2. The zero-order valence-corrected chi connectivity index (χ0v) is 20.2. The molecule has 0 heterocycles. The van der Waals surface area contributed by atoms with Crippen LogP contribution in [0.2, 0.25) is 0 Å². The minimum atomic E-state index is -0.123. The van der Waals surface area contributed by atoms with Gasteiger partial charge < -0.3 is 0 Å². The molecule has 3 rings (SSSR count). The van der Waals surface area contributed by atoms with Crippen LogP contribution in [0.3, 0.4) is 0 Å². The quantitative estimate of drug-likeness (QED) is 0.230. The summed E-state index contributed by atoms with van der Waals surface area (Å²) in [4.78, 5) is 0. The van der Waals surface area contributed by atoms with Crippen LogP contribution in [0.25, 0.3) is 0 Å². The molecule has 1 heteroatoms. The Hall–Kier alpha value is -1.11. The largest absolute Gasteiger partial charge is 0.207 e. The molecule has 0 radical (unpaired) electrons. The zero-order chi connectivity index (χ0) is 21.7. The van der Waals surface area contributed by atoms with E-state index in [-0.39, 0.29) is 5.82 Å². The molecule has 0 N–H and O–H groups in total. The number of aryl methyl sites for hydroxylation is 1. The first-order valence-electron chi connectivity index (χ1n) is 13.7. The van der Waals surface area contributed by atoms with Gasteiger partial charge in [0.1, 0.15) is 5.82 Å². The monoisotopic (exact) mass is 426 g/mol. The molecule has 31 heavy (non-hydrogen) atoms. The van der Waals surface area contributed by atoms with Gasteiger partial charge >= 0.3 is 0 Å². The highest BCUT2D eigenvalue weighted by molar-refractivity contribution is 5.16. The van der Waals surface area contributed by atoms with Crippen LogP contribution in [0.15, 0.2) is 36.4 Å². The molecule has 1 aromatic carbocycles. The van der Waals surface area contributed by atoms with Gasteiger partial charge in [0.25, 0.3) is 0 Å². The van der Waals surface area contributed by atoms with Crippen molar-refractivity contribution in [3.05, 3.63) is 47.8 Å². The van der Waals surface area contributed by atoms with Crippen LogP contribution in [0.4, 0.5) is 4.39 Å². The van der Waals surface area contributed by atoms with E-state index in [0.29, 0.717) is 0 Å². The fourth-order valence-corrected chi connectivity index (χ4v) is 5.89. The zero-order valence-electron chi connectivity index (χ0n) is 20.2. The molecule has 1 aromatic rings. The Kier molecular flexibility index (Phi) is 11.2. The van der Waals surface area contributed by atoms with E-state index in [4.69, 9.17) is 0 Å². The summed E-state index contributed by atoms with van der Waals surface area (Å²) < 4.78 is 13.0. The second kappa shape index (κ2) is 14.1. The van der Waals surface area contributed by atoms with Crippen molar-refractivity contribution >= 4 is 0 Å². The second-order valence-electron chi connectivity index (χ2n) is 10.7. The number of unbranched alkanes of at least 4 members (excludes halogenated alkanes) is 5. The van der Waals surface area contributed by atoms with Crippen LogP contribution in [0.5, 0.6) is 0 Å². The fourth-order valence-electron chi connectivity index (χ4n) is 5.89. The average Bonchev–Trinajstić information content (AvgIpc) is 2.81. The fraction of sp³-hybridized carbons (Fsp3) is 0.733. The number of halogens is 1. The molecule has 0 aliphatic heterocycles. The maximum atomic E-state index is 13.0. The molecule has 0 bridgehead atoms.